The summed E-state index contributed by atoms with van der Waals surface area (Å²) >= 11 is 1.97. The molecule has 5 N–H and O–H groups in total. The molecule has 4 amide bonds. The van der Waals surface area contributed by atoms with Crippen molar-refractivity contribution in [3.8, 4) is 0 Å². The summed E-state index contributed by atoms with van der Waals surface area (Å²) in [6.45, 7) is 2.14. The first kappa shape index (κ1) is 31.8. The van der Waals surface area contributed by atoms with Gasteiger partial charge in [-0.25, -0.2) is 14.4 Å². The van der Waals surface area contributed by atoms with Crippen molar-refractivity contribution in [3.63, 3.8) is 0 Å². The van der Waals surface area contributed by atoms with Gasteiger partial charge in [0.2, 0.25) is 17.4 Å². The molecular formula is C26H26N8O11S2. The predicted molar refractivity (Wildman–Crippen MR) is 159 cm³/mol. The van der Waals surface area contributed by atoms with E-state index in [0.717, 1.165) is 16.4 Å². The maximum Gasteiger partial charge on any atom is 0.519 e. The molecule has 4 aliphatic heterocycles. The molecule has 2 aromatic heterocycles. The summed E-state index contributed by atoms with van der Waals surface area (Å²) in [6, 6.07) is -1.41. The molecule has 6 heterocycles. The number of carbonyl (C=O) groups is 5. The van der Waals surface area contributed by atoms with Gasteiger partial charge in [-0.1, -0.05) is 5.16 Å². The van der Waals surface area contributed by atoms with Gasteiger partial charge in [-0.15, -0.1) is 11.8 Å². The molecule has 0 saturated carbocycles. The van der Waals surface area contributed by atoms with Crippen LogP contribution in [0.15, 0.2) is 41.7 Å². The summed E-state index contributed by atoms with van der Waals surface area (Å²) < 4.78 is 18.6. The van der Waals surface area contributed by atoms with Crippen LogP contribution in [-0.4, -0.2) is 113 Å². The maximum absolute atomic E-state index is 13.4. The second-order valence-electron chi connectivity index (χ2n) is 10.7. The van der Waals surface area contributed by atoms with Crippen LogP contribution in [0.25, 0.3) is 0 Å². The zero-order chi connectivity index (χ0) is 33.6. The number of nitrogens with zero attached hydrogens (tertiary/aromatic N) is 6. The Kier molecular flexibility index (Phi) is 8.49. The van der Waals surface area contributed by atoms with Crippen molar-refractivity contribution in [1.29, 1.82) is 0 Å². The van der Waals surface area contributed by atoms with Gasteiger partial charge < -0.3 is 44.7 Å². The van der Waals surface area contributed by atoms with Crippen molar-refractivity contribution in [3.05, 3.63) is 50.9 Å². The predicted octanol–water partition coefficient (Wildman–Crippen LogP) is -0.538. The first-order chi connectivity index (χ1) is 22.5. The van der Waals surface area contributed by atoms with Gasteiger partial charge in [0, 0.05) is 42.5 Å². The fourth-order valence-corrected chi connectivity index (χ4v) is 7.44. The van der Waals surface area contributed by atoms with Crippen molar-refractivity contribution in [1.82, 2.24) is 29.4 Å². The second kappa shape index (κ2) is 12.5. The number of likely N-dealkylation sites (tertiary alicyclic amines) is 2. The number of aliphatic carboxylic acids is 1. The lowest BCUT2D eigenvalue weighted by Crippen LogP contribution is -2.71. The number of carbonyl (C=O) groups excluding carboxylic acids is 4. The molecule has 0 aliphatic carbocycles. The van der Waals surface area contributed by atoms with Crippen LogP contribution in [0.2, 0.25) is 0 Å². The van der Waals surface area contributed by atoms with E-state index in [-0.39, 0.29) is 64.6 Å². The van der Waals surface area contributed by atoms with E-state index in [0.29, 0.717) is 31.5 Å². The number of fused-ring (bicyclic) bond motifs is 1. The first-order valence-electron chi connectivity index (χ1n) is 14.0. The Hall–Kier alpha value is -5.18. The Bertz CT molecular complexity index is 1830. The second-order valence-corrected chi connectivity index (χ2v) is 12.6. The highest BCUT2D eigenvalue weighted by Crippen LogP contribution is 2.41. The summed E-state index contributed by atoms with van der Waals surface area (Å²) in [6.07, 6.45) is 1.68. The smallest absolute Gasteiger partial charge is 0.477 e. The molecule has 3 atom stereocenters. The maximum atomic E-state index is 13.4. The normalized spacial score (nSPS) is 23.8. The number of aromatic nitrogens is 2. The third kappa shape index (κ3) is 5.93. The monoisotopic (exact) mass is 690 g/mol. The summed E-state index contributed by atoms with van der Waals surface area (Å²) in [7, 11) is 0. The summed E-state index contributed by atoms with van der Waals surface area (Å²) in [5.74, 6) is -4.02. The number of β-lactam (4-membered cyclic amide) rings is 1. The van der Waals surface area contributed by atoms with Crippen molar-refractivity contribution in [2.24, 2.45) is 5.16 Å². The summed E-state index contributed by atoms with van der Waals surface area (Å²) in [5.41, 5.74) is 5.29. The lowest BCUT2D eigenvalue weighted by molar-refractivity contribution is -0.150. The topological polar surface area (TPSA) is 264 Å². The van der Waals surface area contributed by atoms with Gasteiger partial charge in [0.15, 0.2) is 23.3 Å². The minimum atomic E-state index is -1.38. The largest absolute Gasteiger partial charge is 0.519 e. The number of anilines is 1. The van der Waals surface area contributed by atoms with E-state index < -0.39 is 46.8 Å². The zero-order valence-corrected chi connectivity index (χ0v) is 26.0. The van der Waals surface area contributed by atoms with Crippen LogP contribution in [0.4, 0.5) is 9.93 Å². The molecule has 4 aliphatic rings. The van der Waals surface area contributed by atoms with E-state index in [4.69, 9.17) is 19.3 Å². The number of nitrogens with two attached hydrogens (primary N) is 1. The van der Waals surface area contributed by atoms with Crippen LogP contribution >= 0.6 is 23.3 Å². The number of hydrogen-bond acceptors (Lipinski definition) is 16. The molecule has 6 rings (SSSR count). The number of allylic oxidation sites excluding steroid dienone is 1. The molecule has 19 nitrogen and oxygen atoms in total. The quantitative estimate of drug-likeness (QED) is 0.0891. The third-order valence-corrected chi connectivity index (χ3v) is 9.83. The summed E-state index contributed by atoms with van der Waals surface area (Å²) in [4.78, 5) is 83.2. The zero-order valence-electron chi connectivity index (χ0n) is 24.4. The number of nitrogens with one attached hydrogen (secondary N) is 1. The van der Waals surface area contributed by atoms with Gasteiger partial charge in [0.1, 0.15) is 17.1 Å². The fraction of sp³-hybridized carbons (Fsp3) is 0.423. The molecule has 47 heavy (non-hydrogen) atoms. The van der Waals surface area contributed by atoms with E-state index in [2.05, 4.69) is 19.8 Å². The standard InChI is InChI=1S/C26H26N8O11S2/c1-10-14(45-26(41)44-10)8-43-25(40)32-4-3-13(7-32)33-5-2-11(20(33)36)6-12-9-46-22-16(21(37)34(22)17(12)23(38)39)28-19(35)15(30-42)18-29-24(27)47-31-18/h6,13,16,22,42H,2-5,7-9H2,1H3,(H,28,35)(H,38,39)(H2,27,29,31)/b11-6+,30-15-/t13?,16-,22-/m1/s1. The van der Waals surface area contributed by atoms with E-state index >= 15 is 0 Å². The SMILES string of the molecule is Cc1oc(=O)oc1COC(=O)N1CCC(N2CC/C(=C\C3=C(C(=O)O)N4C(=O)[C@@H](NC(=O)/C(=N\O)c5nsc(N)n5)[C@H]4SC3)C2=O)C1. The lowest BCUT2D eigenvalue weighted by Gasteiger charge is -2.49. The number of rotatable bonds is 8. The van der Waals surface area contributed by atoms with Crippen molar-refractivity contribution >= 4 is 63.9 Å². The van der Waals surface area contributed by atoms with Crippen molar-refractivity contribution in [2.75, 3.05) is 31.1 Å². The number of carboxylic acids is 1. The van der Waals surface area contributed by atoms with Gasteiger partial charge in [-0.05, 0) is 31.4 Å². The number of amides is 4. The number of ether oxygens (including phenoxy) is 1. The van der Waals surface area contributed by atoms with E-state index in [1.807, 2.05) is 0 Å². The van der Waals surface area contributed by atoms with Gasteiger partial charge >= 0.3 is 17.9 Å². The summed E-state index contributed by atoms with van der Waals surface area (Å²) in [5, 5.41) is 24.0. The van der Waals surface area contributed by atoms with Gasteiger partial charge in [-0.2, -0.15) is 9.36 Å². The molecule has 0 spiro atoms. The van der Waals surface area contributed by atoms with Crippen LogP contribution in [0, 0.1) is 6.92 Å². The Morgan fingerprint density at radius 1 is 1.23 bits per heavy atom. The Labute approximate surface area is 271 Å². The molecule has 248 valence electrons. The minimum absolute atomic E-state index is 0.0324. The van der Waals surface area contributed by atoms with E-state index in [9.17, 15) is 39.1 Å². The molecular weight excluding hydrogens is 664 g/mol. The highest BCUT2D eigenvalue weighted by molar-refractivity contribution is 8.00. The van der Waals surface area contributed by atoms with Crippen LogP contribution in [-0.2, 0) is 30.5 Å². The first-order valence-corrected chi connectivity index (χ1v) is 15.8. The van der Waals surface area contributed by atoms with Gasteiger partial charge in [0.05, 0.1) is 6.04 Å². The number of oxime groups is 1. The van der Waals surface area contributed by atoms with E-state index in [1.54, 1.807) is 4.90 Å². The molecule has 3 fully saturated rings. The Morgan fingerprint density at radius 2 is 2.02 bits per heavy atom. The van der Waals surface area contributed by atoms with Crippen LogP contribution in [0.3, 0.4) is 0 Å². The molecule has 2 aromatic rings. The average molecular weight is 691 g/mol. The van der Waals surface area contributed by atoms with E-state index in [1.165, 1.54) is 29.7 Å². The molecule has 1 unspecified atom stereocenters. The van der Waals surface area contributed by atoms with Gasteiger partial charge in [-0.3, -0.25) is 19.3 Å². The third-order valence-electron chi connectivity index (χ3n) is 7.99. The molecule has 0 bridgehead atoms. The fourth-order valence-electron chi connectivity index (χ4n) is 5.70. The van der Waals surface area contributed by atoms with Crippen molar-refractivity contribution < 1.29 is 47.9 Å². The Balaban J connectivity index is 1.09. The van der Waals surface area contributed by atoms with Crippen LogP contribution in [0.5, 0.6) is 0 Å². The van der Waals surface area contributed by atoms with Crippen LogP contribution in [0.1, 0.15) is 30.2 Å². The lowest BCUT2D eigenvalue weighted by atomic mass is 10.0. The minimum Gasteiger partial charge on any atom is -0.477 e. The number of thioether (sulfide) groups is 1. The van der Waals surface area contributed by atoms with Crippen LogP contribution < -0.4 is 16.9 Å². The molecule has 0 radical (unpaired) electrons. The highest BCUT2D eigenvalue weighted by Gasteiger charge is 2.54. The molecule has 3 saturated heterocycles. The molecule has 21 heteroatoms. The number of nitrogen functional groups attached to an aromatic ring is 1. The molecule has 0 aromatic carbocycles. The number of carboxylic acid groups (broad SMARTS) is 1. The Morgan fingerprint density at radius 3 is 2.68 bits per heavy atom. The number of aryl methyl sites for hydroxylation is 1. The number of hydrogen-bond donors (Lipinski definition) is 4. The van der Waals surface area contributed by atoms with Crippen molar-refractivity contribution in [2.45, 2.75) is 43.8 Å². The highest BCUT2D eigenvalue weighted by atomic mass is 32.2. The van der Waals surface area contributed by atoms with Gasteiger partial charge in [0.25, 0.3) is 11.8 Å². The average Bonchev–Trinajstić information content (AvgIpc) is 3.83.